The largest absolute Gasteiger partial charge is 0.273 e. The molecule has 0 aliphatic heterocycles. The van der Waals surface area contributed by atoms with Gasteiger partial charge in [-0.3, -0.25) is 9.52 Å². The molecule has 4 nitrogen and oxygen atoms in total. The third-order valence-corrected chi connectivity index (χ3v) is 4.20. The fraction of sp³-hybridized carbons (Fsp3) is 0.188. The molecule has 0 bridgehead atoms. The second-order valence-corrected chi connectivity index (χ2v) is 7.51. The summed E-state index contributed by atoms with van der Waals surface area (Å²) in [7, 11) is -3.70. The van der Waals surface area contributed by atoms with Crippen LogP contribution in [0.15, 0.2) is 36.4 Å². The van der Waals surface area contributed by atoms with Crippen LogP contribution in [0.4, 0.5) is 8.78 Å². The molecule has 0 spiro atoms. The molecule has 0 heterocycles. The van der Waals surface area contributed by atoms with E-state index in [1.807, 2.05) is 4.72 Å². The minimum Gasteiger partial charge on any atom is -0.273 e. The highest BCUT2D eigenvalue weighted by Crippen LogP contribution is 2.29. The van der Waals surface area contributed by atoms with E-state index in [0.717, 1.165) is 18.4 Å². The zero-order chi connectivity index (χ0) is 18.1. The standard InChI is InChI=1S/C16H14ClF2NO3S/c1-9(16(21)20-24(2,22)23)10-3-5-12(14(18)7-10)13-6-4-11(17)8-15(13)19/h3-9H,1-2H3,(H,20,21). The summed E-state index contributed by atoms with van der Waals surface area (Å²) in [5, 5.41) is 0.194. The molecule has 8 heteroatoms. The van der Waals surface area contributed by atoms with Gasteiger partial charge in [0.15, 0.2) is 0 Å². The number of hydrogen-bond donors (Lipinski definition) is 1. The highest BCUT2D eigenvalue weighted by Gasteiger charge is 2.20. The number of sulfonamides is 1. The molecule has 2 aromatic rings. The Kier molecular flexibility index (Phi) is 5.25. The molecule has 1 N–H and O–H groups in total. The third-order valence-electron chi connectivity index (χ3n) is 3.39. The first-order chi connectivity index (χ1) is 11.1. The molecule has 1 unspecified atom stereocenters. The van der Waals surface area contributed by atoms with E-state index in [9.17, 15) is 22.0 Å². The van der Waals surface area contributed by atoms with Crippen LogP contribution in [0.2, 0.25) is 5.02 Å². The minimum atomic E-state index is -3.70. The van der Waals surface area contributed by atoms with Crippen molar-refractivity contribution in [3.05, 3.63) is 58.6 Å². The first-order valence-corrected chi connectivity index (χ1v) is 9.12. The molecule has 0 aliphatic rings. The number of halogens is 3. The van der Waals surface area contributed by atoms with Gasteiger partial charge in [0.2, 0.25) is 15.9 Å². The van der Waals surface area contributed by atoms with Crippen molar-refractivity contribution in [2.75, 3.05) is 6.26 Å². The molecule has 0 aromatic heterocycles. The highest BCUT2D eigenvalue weighted by atomic mass is 35.5. The zero-order valence-corrected chi connectivity index (χ0v) is 14.4. The van der Waals surface area contributed by atoms with Crippen LogP contribution in [-0.4, -0.2) is 20.6 Å². The van der Waals surface area contributed by atoms with Gasteiger partial charge in [-0.1, -0.05) is 23.7 Å². The maximum absolute atomic E-state index is 14.3. The predicted molar refractivity (Wildman–Crippen MR) is 88.2 cm³/mol. The maximum atomic E-state index is 14.3. The molecule has 0 radical (unpaired) electrons. The van der Waals surface area contributed by atoms with E-state index < -0.39 is 33.5 Å². The van der Waals surface area contributed by atoms with Crippen LogP contribution in [0.5, 0.6) is 0 Å². The molecule has 0 saturated heterocycles. The summed E-state index contributed by atoms with van der Waals surface area (Å²) >= 11 is 5.67. The lowest BCUT2D eigenvalue weighted by molar-refractivity contribution is -0.120. The summed E-state index contributed by atoms with van der Waals surface area (Å²) in [5.74, 6) is -3.06. The van der Waals surface area contributed by atoms with Crippen LogP contribution >= 0.6 is 11.6 Å². The van der Waals surface area contributed by atoms with E-state index in [-0.39, 0.29) is 21.7 Å². The van der Waals surface area contributed by atoms with Crippen LogP contribution in [0, 0.1) is 11.6 Å². The van der Waals surface area contributed by atoms with Crippen molar-refractivity contribution in [3.8, 4) is 11.1 Å². The van der Waals surface area contributed by atoms with E-state index in [1.54, 1.807) is 0 Å². The van der Waals surface area contributed by atoms with E-state index in [2.05, 4.69) is 0 Å². The van der Waals surface area contributed by atoms with Crippen molar-refractivity contribution in [1.29, 1.82) is 0 Å². The van der Waals surface area contributed by atoms with Crippen molar-refractivity contribution in [3.63, 3.8) is 0 Å². The molecule has 128 valence electrons. The maximum Gasteiger partial charge on any atom is 0.240 e. The Morgan fingerprint density at radius 2 is 1.62 bits per heavy atom. The summed E-state index contributed by atoms with van der Waals surface area (Å²) in [6.07, 6.45) is 0.852. The molecule has 24 heavy (non-hydrogen) atoms. The topological polar surface area (TPSA) is 63.2 Å². The second kappa shape index (κ2) is 6.86. The summed E-state index contributed by atoms with van der Waals surface area (Å²) in [6, 6.07) is 7.73. The van der Waals surface area contributed by atoms with Crippen molar-refractivity contribution in [2.45, 2.75) is 12.8 Å². The van der Waals surface area contributed by atoms with Gasteiger partial charge in [0.05, 0.1) is 12.2 Å². The van der Waals surface area contributed by atoms with E-state index in [4.69, 9.17) is 11.6 Å². The number of amides is 1. The van der Waals surface area contributed by atoms with Crippen LogP contribution in [0.3, 0.4) is 0 Å². The monoisotopic (exact) mass is 373 g/mol. The zero-order valence-electron chi connectivity index (χ0n) is 12.8. The van der Waals surface area contributed by atoms with Crippen LogP contribution in [0.25, 0.3) is 11.1 Å². The van der Waals surface area contributed by atoms with E-state index in [1.165, 1.54) is 31.2 Å². The van der Waals surface area contributed by atoms with Gasteiger partial charge < -0.3 is 0 Å². The molecule has 0 saturated carbocycles. The number of hydrogen-bond acceptors (Lipinski definition) is 3. The summed E-state index contributed by atoms with van der Waals surface area (Å²) in [6.45, 7) is 1.44. The lowest BCUT2D eigenvalue weighted by atomic mass is 9.96. The first kappa shape index (κ1) is 18.4. The number of benzene rings is 2. The quantitative estimate of drug-likeness (QED) is 0.892. The van der Waals surface area contributed by atoms with Gasteiger partial charge in [0.25, 0.3) is 0 Å². The lowest BCUT2D eigenvalue weighted by Crippen LogP contribution is -2.32. The van der Waals surface area contributed by atoms with Gasteiger partial charge >= 0.3 is 0 Å². The summed E-state index contributed by atoms with van der Waals surface area (Å²) in [4.78, 5) is 11.8. The average Bonchev–Trinajstić information content (AvgIpc) is 2.45. The summed E-state index contributed by atoms with van der Waals surface area (Å²) < 4.78 is 52.3. The molecule has 2 rings (SSSR count). The van der Waals surface area contributed by atoms with Gasteiger partial charge in [0, 0.05) is 16.1 Å². The first-order valence-electron chi connectivity index (χ1n) is 6.85. The Labute approximate surface area is 143 Å². The number of rotatable bonds is 4. The predicted octanol–water partition coefficient (Wildman–Crippen LogP) is 3.46. The fourth-order valence-electron chi connectivity index (χ4n) is 2.15. The van der Waals surface area contributed by atoms with Crippen LogP contribution in [-0.2, 0) is 14.8 Å². The minimum absolute atomic E-state index is 0.0173. The Balaban J connectivity index is 2.34. The Hall–Kier alpha value is -1.99. The SMILES string of the molecule is CC(C(=O)NS(C)(=O)=O)c1ccc(-c2ccc(Cl)cc2F)c(F)c1. The lowest BCUT2D eigenvalue weighted by Gasteiger charge is -2.13. The van der Waals surface area contributed by atoms with Crippen molar-refractivity contribution >= 4 is 27.5 Å². The van der Waals surface area contributed by atoms with Crippen LogP contribution in [0.1, 0.15) is 18.4 Å². The normalized spacial score (nSPS) is 12.7. The van der Waals surface area contributed by atoms with Gasteiger partial charge in [-0.2, -0.15) is 0 Å². The van der Waals surface area contributed by atoms with Gasteiger partial charge in [-0.05, 0) is 36.8 Å². The number of carbonyl (C=O) groups is 1. The smallest absolute Gasteiger partial charge is 0.240 e. The van der Waals surface area contributed by atoms with Crippen molar-refractivity contribution in [1.82, 2.24) is 4.72 Å². The molecule has 0 aliphatic carbocycles. The van der Waals surface area contributed by atoms with Crippen molar-refractivity contribution in [2.24, 2.45) is 0 Å². The Bertz CT molecular complexity index is 900. The van der Waals surface area contributed by atoms with E-state index in [0.29, 0.717) is 0 Å². The second-order valence-electron chi connectivity index (χ2n) is 5.32. The Morgan fingerprint density at radius 3 is 2.12 bits per heavy atom. The van der Waals surface area contributed by atoms with Crippen molar-refractivity contribution < 1.29 is 22.0 Å². The number of carbonyl (C=O) groups excluding carboxylic acids is 1. The molecule has 2 aromatic carbocycles. The third kappa shape index (κ3) is 4.30. The van der Waals surface area contributed by atoms with Gasteiger partial charge in [0.1, 0.15) is 11.6 Å². The summed E-state index contributed by atoms with van der Waals surface area (Å²) in [5.41, 5.74) is 0.326. The Morgan fingerprint density at radius 1 is 1.08 bits per heavy atom. The molecule has 1 amide bonds. The van der Waals surface area contributed by atoms with Crippen LogP contribution < -0.4 is 4.72 Å². The number of nitrogens with one attached hydrogen (secondary N) is 1. The molecule has 1 atom stereocenters. The molecule has 0 fully saturated rings. The highest BCUT2D eigenvalue weighted by molar-refractivity contribution is 7.89. The van der Waals surface area contributed by atoms with Gasteiger partial charge in [-0.25, -0.2) is 17.2 Å². The molecular weight excluding hydrogens is 360 g/mol. The average molecular weight is 374 g/mol. The molecular formula is C16H14ClF2NO3S. The van der Waals surface area contributed by atoms with Gasteiger partial charge in [-0.15, -0.1) is 0 Å². The van der Waals surface area contributed by atoms with E-state index >= 15 is 0 Å². The fourth-order valence-corrected chi connectivity index (χ4v) is 2.85.